The monoisotopic (exact) mass is 336 g/mol. The molecule has 3 heteroatoms. The molecule has 0 unspecified atom stereocenters. The van der Waals surface area contributed by atoms with Crippen LogP contribution in [0.1, 0.15) is 18.9 Å². The Hall–Kier alpha value is 0.110. The molecule has 0 fully saturated rings. The van der Waals surface area contributed by atoms with Crippen LogP contribution in [0.3, 0.4) is 0 Å². The van der Waals surface area contributed by atoms with Gasteiger partial charge in [-0.25, -0.2) is 4.39 Å². The number of alkyl halides is 2. The van der Waals surface area contributed by atoms with Crippen molar-refractivity contribution in [2.24, 2.45) is 5.41 Å². The fourth-order valence-corrected chi connectivity index (χ4v) is 3.61. The molecule has 0 aliphatic heterocycles. The fraction of sp³-hybridized carbons (Fsp3) is 0.500. The van der Waals surface area contributed by atoms with Crippen LogP contribution in [0.4, 0.5) is 4.39 Å². The summed E-state index contributed by atoms with van der Waals surface area (Å²) in [6.45, 7) is 2.14. The van der Waals surface area contributed by atoms with E-state index in [1.165, 1.54) is 6.07 Å². The van der Waals surface area contributed by atoms with E-state index in [-0.39, 0.29) is 11.2 Å². The van der Waals surface area contributed by atoms with Crippen molar-refractivity contribution in [2.45, 2.75) is 19.8 Å². The number of hydrogen-bond donors (Lipinski definition) is 0. The van der Waals surface area contributed by atoms with Crippen LogP contribution < -0.4 is 0 Å². The van der Waals surface area contributed by atoms with Crippen LogP contribution >= 0.6 is 31.9 Å². The summed E-state index contributed by atoms with van der Waals surface area (Å²) >= 11 is 7.05. The highest BCUT2D eigenvalue weighted by Crippen LogP contribution is 2.32. The summed E-state index contributed by atoms with van der Waals surface area (Å²) in [4.78, 5) is 0. The molecule has 0 saturated carbocycles. The molecule has 0 N–H and O–H groups in total. The van der Waals surface area contributed by atoms with Gasteiger partial charge >= 0.3 is 0 Å². The van der Waals surface area contributed by atoms with Crippen molar-refractivity contribution in [1.82, 2.24) is 0 Å². The van der Waals surface area contributed by atoms with Crippen molar-refractivity contribution in [3.8, 4) is 0 Å². The van der Waals surface area contributed by atoms with Crippen LogP contribution in [-0.4, -0.2) is 10.7 Å². The lowest BCUT2D eigenvalue weighted by Crippen LogP contribution is -2.27. The lowest BCUT2D eigenvalue weighted by Gasteiger charge is -2.28. The molecule has 0 aliphatic rings. The highest BCUT2D eigenvalue weighted by Gasteiger charge is 2.26. The Bertz CT molecular complexity index is 300. The molecule has 0 spiro atoms. The molecule has 0 amide bonds. The second-order valence-electron chi connectivity index (χ2n) is 3.89. The zero-order valence-electron chi connectivity index (χ0n) is 8.77. The Morgan fingerprint density at radius 1 is 1.20 bits per heavy atom. The van der Waals surface area contributed by atoms with Gasteiger partial charge in [0, 0.05) is 10.7 Å². The molecular weight excluding hydrogens is 323 g/mol. The zero-order chi connectivity index (χ0) is 11.3. The van der Waals surface area contributed by atoms with Gasteiger partial charge in [-0.15, -0.1) is 0 Å². The molecule has 84 valence electrons. The van der Waals surface area contributed by atoms with Crippen LogP contribution in [-0.2, 0) is 6.42 Å². The predicted octanol–water partition coefficient (Wildman–Crippen LogP) is 4.55. The van der Waals surface area contributed by atoms with Gasteiger partial charge in [0.05, 0.1) is 0 Å². The summed E-state index contributed by atoms with van der Waals surface area (Å²) in [5.74, 6) is -0.0998. The van der Waals surface area contributed by atoms with Crippen molar-refractivity contribution in [2.75, 3.05) is 10.7 Å². The molecule has 0 aromatic heterocycles. The van der Waals surface area contributed by atoms with Gasteiger partial charge in [-0.2, -0.15) is 0 Å². The van der Waals surface area contributed by atoms with E-state index in [4.69, 9.17) is 0 Å². The lowest BCUT2D eigenvalue weighted by atomic mass is 9.83. The standard InChI is InChI=1S/C12H15Br2F/c1-2-12(8-13,9-14)7-10-5-3-4-6-11(10)15/h3-6H,2,7-9H2,1H3. The molecular formula is C12H15Br2F. The summed E-state index contributed by atoms with van der Waals surface area (Å²) in [7, 11) is 0. The first-order valence-electron chi connectivity index (χ1n) is 5.03. The minimum Gasteiger partial charge on any atom is -0.207 e. The minimum absolute atomic E-state index is 0.0998. The van der Waals surface area contributed by atoms with E-state index < -0.39 is 0 Å². The van der Waals surface area contributed by atoms with E-state index in [9.17, 15) is 4.39 Å². The Balaban J connectivity index is 2.88. The summed E-state index contributed by atoms with van der Waals surface area (Å²) in [6.07, 6.45) is 1.80. The normalized spacial score (nSPS) is 11.7. The highest BCUT2D eigenvalue weighted by atomic mass is 79.9. The molecule has 15 heavy (non-hydrogen) atoms. The SMILES string of the molecule is CCC(CBr)(CBr)Cc1ccccc1F. The van der Waals surface area contributed by atoms with Gasteiger partial charge in [-0.1, -0.05) is 57.0 Å². The van der Waals surface area contributed by atoms with Crippen LogP contribution in [0.5, 0.6) is 0 Å². The Kier molecular flexibility index (Phi) is 5.27. The molecule has 1 aromatic rings. The summed E-state index contributed by atoms with van der Waals surface area (Å²) in [5.41, 5.74) is 0.917. The van der Waals surface area contributed by atoms with Gasteiger partial charge < -0.3 is 0 Å². The largest absolute Gasteiger partial charge is 0.207 e. The maximum atomic E-state index is 13.5. The molecule has 0 nitrogen and oxygen atoms in total. The smallest absolute Gasteiger partial charge is 0.126 e. The number of hydrogen-bond acceptors (Lipinski definition) is 0. The number of rotatable bonds is 5. The van der Waals surface area contributed by atoms with Gasteiger partial charge in [0.25, 0.3) is 0 Å². The molecule has 0 heterocycles. The third-order valence-electron chi connectivity index (χ3n) is 2.84. The third-order valence-corrected chi connectivity index (χ3v) is 5.22. The minimum atomic E-state index is -0.0998. The average molecular weight is 338 g/mol. The summed E-state index contributed by atoms with van der Waals surface area (Å²) in [5, 5.41) is 1.77. The summed E-state index contributed by atoms with van der Waals surface area (Å²) < 4.78 is 13.5. The molecule has 1 aromatic carbocycles. The molecule has 0 atom stereocenters. The van der Waals surface area contributed by atoms with E-state index in [0.29, 0.717) is 0 Å². The van der Waals surface area contributed by atoms with Crippen LogP contribution in [0, 0.1) is 11.2 Å². The third kappa shape index (κ3) is 3.28. The zero-order valence-corrected chi connectivity index (χ0v) is 11.9. The topological polar surface area (TPSA) is 0 Å². The average Bonchev–Trinajstić information content (AvgIpc) is 2.29. The Morgan fingerprint density at radius 3 is 2.27 bits per heavy atom. The van der Waals surface area contributed by atoms with Gasteiger partial charge in [-0.3, -0.25) is 0 Å². The van der Waals surface area contributed by atoms with E-state index in [1.807, 2.05) is 12.1 Å². The fourth-order valence-electron chi connectivity index (χ4n) is 1.49. The van der Waals surface area contributed by atoms with Crippen molar-refractivity contribution in [3.63, 3.8) is 0 Å². The number of halogens is 3. The van der Waals surface area contributed by atoms with Crippen LogP contribution in [0.2, 0.25) is 0 Å². The highest BCUT2D eigenvalue weighted by molar-refractivity contribution is 9.09. The van der Waals surface area contributed by atoms with Gasteiger partial charge in [0.1, 0.15) is 5.82 Å². The molecule has 0 aliphatic carbocycles. The predicted molar refractivity (Wildman–Crippen MR) is 70.4 cm³/mol. The van der Waals surface area contributed by atoms with E-state index in [1.54, 1.807) is 6.07 Å². The van der Waals surface area contributed by atoms with E-state index >= 15 is 0 Å². The Labute approximate surface area is 108 Å². The molecule has 0 saturated heterocycles. The Morgan fingerprint density at radius 2 is 1.80 bits per heavy atom. The first-order valence-corrected chi connectivity index (χ1v) is 7.27. The lowest BCUT2D eigenvalue weighted by molar-refractivity contribution is 0.367. The van der Waals surface area contributed by atoms with Crippen molar-refractivity contribution in [3.05, 3.63) is 35.6 Å². The maximum Gasteiger partial charge on any atom is 0.126 e. The molecule has 1 rings (SSSR count). The summed E-state index contributed by atoms with van der Waals surface area (Å²) in [6, 6.07) is 7.01. The quantitative estimate of drug-likeness (QED) is 0.691. The second-order valence-corrected chi connectivity index (χ2v) is 5.01. The van der Waals surface area contributed by atoms with Crippen molar-refractivity contribution >= 4 is 31.9 Å². The van der Waals surface area contributed by atoms with Gasteiger partial charge in [0.2, 0.25) is 0 Å². The van der Waals surface area contributed by atoms with E-state index in [0.717, 1.165) is 29.1 Å². The van der Waals surface area contributed by atoms with Crippen molar-refractivity contribution < 1.29 is 4.39 Å². The maximum absolute atomic E-state index is 13.5. The molecule has 0 bridgehead atoms. The molecule has 0 radical (unpaired) electrons. The van der Waals surface area contributed by atoms with Gasteiger partial charge in [0.15, 0.2) is 0 Å². The first kappa shape index (κ1) is 13.2. The van der Waals surface area contributed by atoms with Crippen LogP contribution in [0.15, 0.2) is 24.3 Å². The first-order chi connectivity index (χ1) is 7.17. The van der Waals surface area contributed by atoms with Gasteiger partial charge in [-0.05, 0) is 29.9 Å². The second kappa shape index (κ2) is 6.00. The van der Waals surface area contributed by atoms with Crippen LogP contribution in [0.25, 0.3) is 0 Å². The number of benzene rings is 1. The van der Waals surface area contributed by atoms with Crippen molar-refractivity contribution in [1.29, 1.82) is 0 Å². The van der Waals surface area contributed by atoms with E-state index in [2.05, 4.69) is 38.8 Å².